The number of aromatic nitrogens is 1. The van der Waals surface area contributed by atoms with E-state index in [1.807, 2.05) is 36.4 Å². The first-order valence-corrected chi connectivity index (χ1v) is 9.47. The molecular weight excluding hydrogens is 340 g/mol. The Morgan fingerprint density at radius 3 is 2.70 bits per heavy atom. The van der Waals surface area contributed by atoms with Gasteiger partial charge in [-0.15, -0.1) is 0 Å². The van der Waals surface area contributed by atoms with Gasteiger partial charge >= 0.3 is 0 Å². The second-order valence-electron chi connectivity index (χ2n) is 6.68. The van der Waals surface area contributed by atoms with E-state index in [-0.39, 0.29) is 0 Å². The van der Waals surface area contributed by atoms with E-state index in [2.05, 4.69) is 36.1 Å². The summed E-state index contributed by atoms with van der Waals surface area (Å²) in [6.45, 7) is 8.26. The lowest BCUT2D eigenvalue weighted by molar-refractivity contribution is 0.300. The molecule has 0 amide bonds. The van der Waals surface area contributed by atoms with Crippen molar-refractivity contribution in [2.45, 2.75) is 40.2 Å². The molecule has 146 valence electrons. The van der Waals surface area contributed by atoms with Gasteiger partial charge in [-0.2, -0.15) is 0 Å². The van der Waals surface area contributed by atoms with E-state index in [4.69, 9.17) is 15.2 Å². The number of aliphatic imine (C=N–C) groups is 1. The van der Waals surface area contributed by atoms with Crippen LogP contribution in [0.15, 0.2) is 47.6 Å². The molecule has 1 heterocycles. The molecule has 0 radical (unpaired) electrons. The monoisotopic (exact) mass is 370 g/mol. The Morgan fingerprint density at radius 1 is 1.19 bits per heavy atom. The van der Waals surface area contributed by atoms with Crippen molar-refractivity contribution < 1.29 is 9.47 Å². The Balaban J connectivity index is 2.06. The van der Waals surface area contributed by atoms with Crippen LogP contribution in [0.3, 0.4) is 0 Å². The Morgan fingerprint density at radius 2 is 1.96 bits per heavy atom. The Hall–Kier alpha value is -2.76. The third kappa shape index (κ3) is 7.17. The van der Waals surface area contributed by atoms with Gasteiger partial charge < -0.3 is 20.5 Å². The smallest absolute Gasteiger partial charge is 0.224 e. The molecular formula is C21H30N4O2. The Kier molecular flexibility index (Phi) is 8.42. The molecule has 3 N–H and O–H groups in total. The van der Waals surface area contributed by atoms with Gasteiger partial charge in [0.2, 0.25) is 5.88 Å². The van der Waals surface area contributed by atoms with Crippen molar-refractivity contribution in [2.75, 3.05) is 13.2 Å². The second kappa shape index (κ2) is 11.1. The summed E-state index contributed by atoms with van der Waals surface area (Å²) in [5.74, 6) is 2.90. The van der Waals surface area contributed by atoms with Crippen molar-refractivity contribution in [1.82, 2.24) is 10.3 Å². The number of rotatable bonds is 10. The topological polar surface area (TPSA) is 81.8 Å². The first kappa shape index (κ1) is 20.6. The maximum atomic E-state index is 6.02. The number of hydrogen-bond acceptors (Lipinski definition) is 4. The van der Waals surface area contributed by atoms with E-state index in [1.165, 1.54) is 0 Å². The van der Waals surface area contributed by atoms with E-state index in [9.17, 15) is 0 Å². The molecule has 0 saturated heterocycles. The Labute approximate surface area is 161 Å². The maximum absolute atomic E-state index is 6.02. The van der Waals surface area contributed by atoms with Crippen LogP contribution < -0.4 is 20.5 Å². The number of nitrogens with zero attached hydrogens (tertiary/aromatic N) is 2. The van der Waals surface area contributed by atoms with E-state index < -0.39 is 0 Å². The van der Waals surface area contributed by atoms with Gasteiger partial charge in [-0.25, -0.2) is 9.98 Å². The molecule has 0 saturated carbocycles. The highest BCUT2D eigenvalue weighted by Crippen LogP contribution is 2.32. The maximum Gasteiger partial charge on any atom is 0.224 e. The van der Waals surface area contributed by atoms with E-state index in [0.29, 0.717) is 42.4 Å². The van der Waals surface area contributed by atoms with E-state index in [1.54, 1.807) is 6.20 Å². The van der Waals surface area contributed by atoms with E-state index in [0.717, 1.165) is 24.9 Å². The number of ether oxygens (including phenoxy) is 2. The van der Waals surface area contributed by atoms with Gasteiger partial charge in [0.05, 0.1) is 13.2 Å². The van der Waals surface area contributed by atoms with Crippen LogP contribution in [0.2, 0.25) is 0 Å². The number of benzene rings is 1. The van der Waals surface area contributed by atoms with Gasteiger partial charge in [0, 0.05) is 18.3 Å². The average Bonchev–Trinajstić information content (AvgIpc) is 2.66. The fourth-order valence-corrected chi connectivity index (χ4v) is 2.32. The number of pyridine rings is 1. The molecule has 0 aliphatic carbocycles. The standard InChI is InChI=1S/C21H30N4O2/c1-4-14-26-18-9-5-6-10-19(18)27-20-17(8-7-12-23-20)15-25-21(22)24-13-11-16(2)3/h5-10,12,16H,4,11,13-15H2,1-3H3,(H3,22,24,25). The highest BCUT2D eigenvalue weighted by Gasteiger charge is 2.10. The molecule has 0 bridgehead atoms. The summed E-state index contributed by atoms with van der Waals surface area (Å²) < 4.78 is 11.8. The molecule has 1 aromatic heterocycles. The van der Waals surface area contributed by atoms with Crippen molar-refractivity contribution in [3.63, 3.8) is 0 Å². The third-order valence-electron chi connectivity index (χ3n) is 3.81. The quantitative estimate of drug-likeness (QED) is 0.486. The summed E-state index contributed by atoms with van der Waals surface area (Å²) in [5.41, 5.74) is 6.80. The zero-order valence-corrected chi connectivity index (χ0v) is 16.4. The zero-order valence-electron chi connectivity index (χ0n) is 16.4. The molecule has 6 nitrogen and oxygen atoms in total. The molecule has 0 aliphatic rings. The summed E-state index contributed by atoms with van der Waals surface area (Å²) in [5, 5.41) is 3.13. The summed E-state index contributed by atoms with van der Waals surface area (Å²) >= 11 is 0. The molecule has 0 fully saturated rings. The SMILES string of the molecule is CCCOc1ccccc1Oc1ncccc1CN=C(N)NCCC(C)C. The summed E-state index contributed by atoms with van der Waals surface area (Å²) in [6.07, 6.45) is 3.68. The predicted molar refractivity (Wildman–Crippen MR) is 109 cm³/mol. The summed E-state index contributed by atoms with van der Waals surface area (Å²) in [4.78, 5) is 8.75. The minimum atomic E-state index is 0.391. The number of para-hydroxylation sites is 2. The zero-order chi connectivity index (χ0) is 19.5. The van der Waals surface area contributed by atoms with Crippen LogP contribution in [0, 0.1) is 5.92 Å². The molecule has 0 unspecified atom stereocenters. The Bertz CT molecular complexity index is 732. The van der Waals surface area contributed by atoms with Crippen LogP contribution in [0.25, 0.3) is 0 Å². The molecule has 1 aromatic carbocycles. The summed E-state index contributed by atoms with van der Waals surface area (Å²) in [6, 6.07) is 11.4. The number of nitrogens with one attached hydrogen (secondary N) is 1. The van der Waals surface area contributed by atoms with Crippen molar-refractivity contribution >= 4 is 5.96 Å². The predicted octanol–water partition coefficient (Wildman–Crippen LogP) is 4.11. The minimum Gasteiger partial charge on any atom is -0.490 e. The van der Waals surface area contributed by atoms with Crippen LogP contribution in [0.4, 0.5) is 0 Å². The van der Waals surface area contributed by atoms with Crippen molar-refractivity contribution in [3.8, 4) is 17.4 Å². The molecule has 0 aliphatic heterocycles. The highest BCUT2D eigenvalue weighted by molar-refractivity contribution is 5.77. The lowest BCUT2D eigenvalue weighted by Gasteiger charge is -2.13. The lowest BCUT2D eigenvalue weighted by atomic mass is 10.1. The number of guanidine groups is 1. The fourth-order valence-electron chi connectivity index (χ4n) is 2.32. The molecule has 27 heavy (non-hydrogen) atoms. The molecule has 6 heteroatoms. The van der Waals surface area contributed by atoms with Gasteiger partial charge in [-0.1, -0.05) is 39.0 Å². The summed E-state index contributed by atoms with van der Waals surface area (Å²) in [7, 11) is 0. The van der Waals surface area contributed by atoms with Crippen LogP contribution in [0.1, 0.15) is 39.2 Å². The van der Waals surface area contributed by atoms with Gasteiger partial charge in [0.1, 0.15) is 0 Å². The third-order valence-corrected chi connectivity index (χ3v) is 3.81. The van der Waals surface area contributed by atoms with Crippen LogP contribution >= 0.6 is 0 Å². The van der Waals surface area contributed by atoms with Gasteiger partial charge in [0.25, 0.3) is 0 Å². The van der Waals surface area contributed by atoms with Gasteiger partial charge in [0.15, 0.2) is 17.5 Å². The first-order chi connectivity index (χ1) is 13.1. The number of nitrogens with two attached hydrogens (primary N) is 1. The van der Waals surface area contributed by atoms with Crippen molar-refractivity contribution in [2.24, 2.45) is 16.6 Å². The van der Waals surface area contributed by atoms with Crippen molar-refractivity contribution in [3.05, 3.63) is 48.2 Å². The van der Waals surface area contributed by atoms with Gasteiger partial charge in [-0.05, 0) is 37.0 Å². The average molecular weight is 370 g/mol. The minimum absolute atomic E-state index is 0.391. The lowest BCUT2D eigenvalue weighted by Crippen LogP contribution is -2.32. The first-order valence-electron chi connectivity index (χ1n) is 9.47. The van der Waals surface area contributed by atoms with Crippen LogP contribution in [-0.2, 0) is 6.54 Å². The molecule has 0 spiro atoms. The molecule has 2 aromatic rings. The van der Waals surface area contributed by atoms with Crippen molar-refractivity contribution in [1.29, 1.82) is 0 Å². The van der Waals surface area contributed by atoms with Crippen LogP contribution in [-0.4, -0.2) is 24.1 Å². The van der Waals surface area contributed by atoms with E-state index >= 15 is 0 Å². The normalized spacial score (nSPS) is 11.5. The second-order valence-corrected chi connectivity index (χ2v) is 6.68. The fraction of sp³-hybridized carbons (Fsp3) is 0.429. The van der Waals surface area contributed by atoms with Crippen LogP contribution in [0.5, 0.6) is 17.4 Å². The molecule has 2 rings (SSSR count). The largest absolute Gasteiger partial charge is 0.490 e. The van der Waals surface area contributed by atoms with Gasteiger partial charge in [-0.3, -0.25) is 0 Å². The molecule has 0 atom stereocenters. The number of hydrogen-bond donors (Lipinski definition) is 2. The highest BCUT2D eigenvalue weighted by atomic mass is 16.5.